The molecule has 0 aromatic rings. The number of aliphatic hydroxyl groups is 2. The predicted molar refractivity (Wildman–Crippen MR) is 127 cm³/mol. The van der Waals surface area contributed by atoms with Crippen LogP contribution in [0.1, 0.15) is 85.5 Å². The maximum Gasteiger partial charge on any atom is 0.311 e. The smallest absolute Gasteiger partial charge is 0.311 e. The predicted octanol–water partition coefficient (Wildman–Crippen LogP) is 5.50. The molecule has 0 amide bonds. The standard InChI is InChI=1S/C28H42O4/c1-17(13-22-16-27(3,4)26(31)32-22)23-10-11-24-19(7-6-12-28(23,24)5)8-9-20-14-21(29)15-25(30)18(20)2/h8-9,17,21-25,29-30H,2,6-7,10-16H2,1,3-5H3/b19-8+,20-9-/t17-,21?,22+,23-,24?,25?,28-/m1/s1. The number of hydrogen-bond acceptors (Lipinski definition) is 4. The van der Waals surface area contributed by atoms with Gasteiger partial charge in [-0.3, -0.25) is 4.79 Å². The first-order valence-electron chi connectivity index (χ1n) is 12.7. The summed E-state index contributed by atoms with van der Waals surface area (Å²) < 4.78 is 5.72. The molecule has 4 fully saturated rings. The maximum absolute atomic E-state index is 12.1. The third-order valence-electron chi connectivity index (χ3n) is 9.19. The molecule has 4 nitrogen and oxygen atoms in total. The molecule has 4 heteroatoms. The molecule has 3 unspecified atom stereocenters. The second kappa shape index (κ2) is 8.76. The Hall–Kier alpha value is -1.39. The van der Waals surface area contributed by atoms with Gasteiger partial charge in [-0.05, 0) is 99.5 Å². The Kier molecular flexibility index (Phi) is 6.50. The van der Waals surface area contributed by atoms with E-state index in [0.717, 1.165) is 30.4 Å². The summed E-state index contributed by atoms with van der Waals surface area (Å²) in [4.78, 5) is 12.1. The summed E-state index contributed by atoms with van der Waals surface area (Å²) in [5.41, 5.74) is 3.23. The Balaban J connectivity index is 1.47. The van der Waals surface area contributed by atoms with Gasteiger partial charge < -0.3 is 14.9 Å². The lowest BCUT2D eigenvalue weighted by atomic mass is 9.60. The van der Waals surface area contributed by atoms with E-state index in [1.807, 2.05) is 13.8 Å². The number of ether oxygens (including phenoxy) is 1. The van der Waals surface area contributed by atoms with Gasteiger partial charge in [-0.15, -0.1) is 0 Å². The fourth-order valence-electron chi connectivity index (χ4n) is 7.39. The van der Waals surface area contributed by atoms with Crippen molar-refractivity contribution in [2.24, 2.45) is 28.6 Å². The van der Waals surface area contributed by atoms with E-state index < -0.39 is 12.2 Å². The molecule has 3 aliphatic carbocycles. The van der Waals surface area contributed by atoms with Crippen LogP contribution in [-0.4, -0.2) is 34.5 Å². The number of aliphatic hydroxyl groups excluding tert-OH is 2. The van der Waals surface area contributed by atoms with Gasteiger partial charge in [0.05, 0.1) is 17.6 Å². The molecule has 0 radical (unpaired) electrons. The van der Waals surface area contributed by atoms with Gasteiger partial charge in [-0.25, -0.2) is 0 Å². The van der Waals surface area contributed by atoms with Crippen LogP contribution in [0.15, 0.2) is 35.5 Å². The average Bonchev–Trinajstić information content (AvgIpc) is 3.18. The molecule has 1 aliphatic heterocycles. The molecular weight excluding hydrogens is 400 g/mol. The minimum absolute atomic E-state index is 0.0410. The zero-order valence-electron chi connectivity index (χ0n) is 20.4. The Labute approximate surface area is 193 Å². The van der Waals surface area contributed by atoms with Crippen molar-refractivity contribution in [3.05, 3.63) is 35.5 Å². The van der Waals surface area contributed by atoms with Gasteiger partial charge in [0.1, 0.15) is 6.10 Å². The van der Waals surface area contributed by atoms with Crippen LogP contribution in [-0.2, 0) is 9.53 Å². The molecule has 0 spiro atoms. The molecule has 1 saturated heterocycles. The highest BCUT2D eigenvalue weighted by atomic mass is 16.6. The lowest BCUT2D eigenvalue weighted by Crippen LogP contribution is -2.36. The number of cyclic esters (lactones) is 1. The van der Waals surface area contributed by atoms with Crippen molar-refractivity contribution in [3.8, 4) is 0 Å². The summed E-state index contributed by atoms with van der Waals surface area (Å²) >= 11 is 0. The van der Waals surface area contributed by atoms with E-state index in [0.29, 0.717) is 36.0 Å². The van der Waals surface area contributed by atoms with Crippen LogP contribution < -0.4 is 0 Å². The molecular formula is C28H42O4. The average molecular weight is 443 g/mol. The molecule has 4 aliphatic rings. The molecule has 0 aromatic heterocycles. The van der Waals surface area contributed by atoms with Crippen molar-refractivity contribution in [1.29, 1.82) is 0 Å². The molecule has 3 saturated carbocycles. The Morgan fingerprint density at radius 3 is 2.66 bits per heavy atom. The first-order chi connectivity index (χ1) is 15.0. The lowest BCUT2D eigenvalue weighted by Gasteiger charge is -2.44. The van der Waals surface area contributed by atoms with Gasteiger partial charge in [0.2, 0.25) is 0 Å². The van der Waals surface area contributed by atoms with Gasteiger partial charge in [0.15, 0.2) is 0 Å². The van der Waals surface area contributed by atoms with E-state index in [2.05, 4.69) is 32.6 Å². The Morgan fingerprint density at radius 1 is 1.22 bits per heavy atom. The van der Waals surface area contributed by atoms with E-state index in [1.165, 1.54) is 31.3 Å². The van der Waals surface area contributed by atoms with Crippen LogP contribution >= 0.6 is 0 Å². The fourth-order valence-corrected chi connectivity index (χ4v) is 7.39. The molecule has 7 atom stereocenters. The first-order valence-corrected chi connectivity index (χ1v) is 12.7. The summed E-state index contributed by atoms with van der Waals surface area (Å²) in [6.45, 7) is 12.9. The maximum atomic E-state index is 12.1. The number of hydrogen-bond donors (Lipinski definition) is 2. The SMILES string of the molecule is C=C1/C(=C\C=C2/CCC[C@@]3(C)C2CC[C@@H]3[C@H](C)C[C@H]2CC(C)(C)C(=O)O2)CC(O)CC1O. The Morgan fingerprint density at radius 2 is 1.97 bits per heavy atom. The molecule has 32 heavy (non-hydrogen) atoms. The number of carbonyl (C=O) groups excluding carboxylic acids is 1. The number of carbonyl (C=O) groups is 1. The summed E-state index contributed by atoms with van der Waals surface area (Å²) in [5, 5.41) is 20.2. The van der Waals surface area contributed by atoms with Crippen molar-refractivity contribution >= 4 is 5.97 Å². The van der Waals surface area contributed by atoms with Crippen molar-refractivity contribution < 1.29 is 19.7 Å². The van der Waals surface area contributed by atoms with E-state index in [1.54, 1.807) is 0 Å². The second-order valence-electron chi connectivity index (χ2n) is 12.0. The number of esters is 1. The summed E-state index contributed by atoms with van der Waals surface area (Å²) in [6, 6.07) is 0. The number of allylic oxidation sites excluding steroid dienone is 3. The minimum atomic E-state index is -0.633. The third-order valence-corrected chi connectivity index (χ3v) is 9.19. The minimum Gasteiger partial charge on any atom is -0.462 e. The second-order valence-corrected chi connectivity index (χ2v) is 12.0. The highest BCUT2D eigenvalue weighted by Crippen LogP contribution is 2.60. The van der Waals surface area contributed by atoms with Crippen LogP contribution in [0.4, 0.5) is 0 Å². The largest absolute Gasteiger partial charge is 0.462 e. The van der Waals surface area contributed by atoms with Gasteiger partial charge >= 0.3 is 5.97 Å². The van der Waals surface area contributed by atoms with Crippen LogP contribution in [0.5, 0.6) is 0 Å². The van der Waals surface area contributed by atoms with Crippen molar-refractivity contribution in [2.45, 2.75) is 104 Å². The van der Waals surface area contributed by atoms with Crippen LogP contribution in [0, 0.1) is 28.6 Å². The fraction of sp³-hybridized carbons (Fsp3) is 0.750. The van der Waals surface area contributed by atoms with Gasteiger partial charge in [-0.2, -0.15) is 0 Å². The lowest BCUT2D eigenvalue weighted by molar-refractivity contribution is -0.148. The molecule has 0 bridgehead atoms. The highest BCUT2D eigenvalue weighted by Gasteiger charge is 2.51. The zero-order valence-corrected chi connectivity index (χ0v) is 20.4. The normalized spacial score (nSPS) is 42.9. The van der Waals surface area contributed by atoms with Crippen LogP contribution in [0.3, 0.4) is 0 Å². The van der Waals surface area contributed by atoms with Crippen LogP contribution in [0.25, 0.3) is 0 Å². The Bertz CT molecular complexity index is 821. The van der Waals surface area contributed by atoms with Crippen LogP contribution in [0.2, 0.25) is 0 Å². The summed E-state index contributed by atoms with van der Waals surface area (Å²) in [5.74, 6) is 1.74. The summed E-state index contributed by atoms with van der Waals surface area (Å²) in [7, 11) is 0. The van der Waals surface area contributed by atoms with E-state index in [4.69, 9.17) is 4.74 Å². The molecule has 4 rings (SSSR count). The number of rotatable bonds is 4. The van der Waals surface area contributed by atoms with Gasteiger partial charge in [0.25, 0.3) is 0 Å². The van der Waals surface area contributed by atoms with Gasteiger partial charge in [0, 0.05) is 6.42 Å². The van der Waals surface area contributed by atoms with E-state index in [9.17, 15) is 15.0 Å². The molecule has 178 valence electrons. The molecule has 0 aromatic carbocycles. The molecule has 2 N–H and O–H groups in total. The number of fused-ring (bicyclic) bond motifs is 1. The molecule has 1 heterocycles. The quantitative estimate of drug-likeness (QED) is 0.565. The van der Waals surface area contributed by atoms with E-state index in [-0.39, 0.29) is 17.5 Å². The van der Waals surface area contributed by atoms with Gasteiger partial charge in [-0.1, -0.05) is 38.2 Å². The highest BCUT2D eigenvalue weighted by molar-refractivity contribution is 5.78. The van der Waals surface area contributed by atoms with Crippen molar-refractivity contribution in [1.82, 2.24) is 0 Å². The first kappa shape index (κ1) is 23.8. The zero-order chi connectivity index (χ0) is 23.3. The third kappa shape index (κ3) is 4.37. The topological polar surface area (TPSA) is 66.8 Å². The van der Waals surface area contributed by atoms with Crippen molar-refractivity contribution in [3.63, 3.8) is 0 Å². The monoisotopic (exact) mass is 442 g/mol. The summed E-state index contributed by atoms with van der Waals surface area (Å²) in [6.07, 6.45) is 12.2. The van der Waals surface area contributed by atoms with Crippen molar-refractivity contribution in [2.75, 3.05) is 0 Å². The van der Waals surface area contributed by atoms with E-state index >= 15 is 0 Å².